The van der Waals surface area contributed by atoms with Crippen LogP contribution in [0.2, 0.25) is 0 Å². The molecule has 0 spiro atoms. The Balaban J connectivity index is 1.48. The fourth-order valence-corrected chi connectivity index (χ4v) is 3.83. The van der Waals surface area contributed by atoms with Crippen LogP contribution in [0.5, 0.6) is 0 Å². The number of carbonyl (C=O) groups is 2. The number of nitrogens with one attached hydrogen (secondary N) is 1. The van der Waals surface area contributed by atoms with Gasteiger partial charge in [-0.2, -0.15) is 0 Å². The monoisotopic (exact) mass is 360 g/mol. The molecule has 1 fully saturated rings. The van der Waals surface area contributed by atoms with Crippen molar-refractivity contribution in [1.29, 1.82) is 0 Å². The topological polar surface area (TPSA) is 49.4 Å². The molecule has 1 aromatic heterocycles. The van der Waals surface area contributed by atoms with Crippen LogP contribution in [0, 0.1) is 5.82 Å². The van der Waals surface area contributed by atoms with Gasteiger partial charge >= 0.3 is 0 Å². The zero-order valence-electron chi connectivity index (χ0n) is 14.1. The third-order valence-electron chi connectivity index (χ3n) is 4.43. The largest absolute Gasteiger partial charge is 0.349 e. The molecule has 1 N–H and O–H groups in total. The molecule has 4 nitrogen and oxygen atoms in total. The third-order valence-corrected chi connectivity index (χ3v) is 5.46. The highest BCUT2D eigenvalue weighted by atomic mass is 32.1. The summed E-state index contributed by atoms with van der Waals surface area (Å²) >= 11 is 1.30. The van der Waals surface area contributed by atoms with Crippen LogP contribution in [0.3, 0.4) is 0 Å². The van der Waals surface area contributed by atoms with E-state index in [1.807, 2.05) is 6.07 Å². The molecule has 3 rings (SSSR count). The van der Waals surface area contributed by atoms with Crippen molar-refractivity contribution in [2.24, 2.45) is 0 Å². The summed E-state index contributed by atoms with van der Waals surface area (Å²) in [5.74, 6) is -0.345. The maximum absolute atomic E-state index is 13.3. The Bertz CT molecular complexity index is 766. The van der Waals surface area contributed by atoms with Crippen molar-refractivity contribution in [2.75, 3.05) is 13.1 Å². The van der Waals surface area contributed by atoms with Crippen LogP contribution in [-0.4, -0.2) is 35.7 Å². The van der Waals surface area contributed by atoms with Gasteiger partial charge in [0.25, 0.3) is 5.91 Å². The van der Waals surface area contributed by atoms with E-state index in [9.17, 15) is 14.0 Å². The summed E-state index contributed by atoms with van der Waals surface area (Å²) in [6.45, 7) is 3.96. The van der Waals surface area contributed by atoms with Crippen LogP contribution in [0.1, 0.15) is 45.4 Å². The Hall–Kier alpha value is -2.05. The minimum Gasteiger partial charge on any atom is -0.349 e. The van der Waals surface area contributed by atoms with E-state index in [0.717, 1.165) is 38.0 Å². The Morgan fingerprint density at radius 1 is 1.28 bits per heavy atom. The summed E-state index contributed by atoms with van der Waals surface area (Å²) in [7, 11) is 0. The second kappa shape index (κ2) is 7.89. The molecular weight excluding hydrogens is 339 g/mol. The molecule has 0 radical (unpaired) electrons. The van der Waals surface area contributed by atoms with E-state index >= 15 is 0 Å². The molecule has 0 unspecified atom stereocenters. The molecule has 1 saturated heterocycles. The Labute approximate surface area is 150 Å². The van der Waals surface area contributed by atoms with Crippen LogP contribution in [0.15, 0.2) is 35.7 Å². The number of carbonyl (C=O) groups excluding carboxylic acids is 2. The molecule has 0 aliphatic carbocycles. The Morgan fingerprint density at radius 2 is 2.04 bits per heavy atom. The predicted molar refractivity (Wildman–Crippen MR) is 96.5 cm³/mol. The van der Waals surface area contributed by atoms with Crippen molar-refractivity contribution in [3.63, 3.8) is 0 Å². The van der Waals surface area contributed by atoms with Crippen molar-refractivity contribution in [3.8, 4) is 0 Å². The highest BCUT2D eigenvalue weighted by Crippen LogP contribution is 2.18. The molecule has 1 aliphatic rings. The zero-order valence-corrected chi connectivity index (χ0v) is 14.9. The number of benzene rings is 1. The molecule has 25 heavy (non-hydrogen) atoms. The number of amides is 1. The molecule has 0 saturated carbocycles. The summed E-state index contributed by atoms with van der Waals surface area (Å²) in [5.41, 5.74) is 1.52. The normalized spacial score (nSPS) is 15.9. The van der Waals surface area contributed by atoms with Gasteiger partial charge in [-0.3, -0.25) is 14.5 Å². The van der Waals surface area contributed by atoms with Crippen molar-refractivity contribution < 1.29 is 14.0 Å². The van der Waals surface area contributed by atoms with Gasteiger partial charge in [0.15, 0.2) is 5.78 Å². The summed E-state index contributed by atoms with van der Waals surface area (Å²) < 4.78 is 13.3. The number of Topliss-reactive ketones (excluding diaryl/α,β-unsaturated/α-hetero) is 1. The van der Waals surface area contributed by atoms with Gasteiger partial charge in [-0.1, -0.05) is 12.1 Å². The summed E-state index contributed by atoms with van der Waals surface area (Å²) in [5, 5.41) is 4.78. The number of hydrogen-bond donors (Lipinski definition) is 1. The van der Waals surface area contributed by atoms with Crippen LogP contribution < -0.4 is 5.32 Å². The second-order valence-corrected chi connectivity index (χ2v) is 7.32. The fraction of sp³-hybridized carbons (Fsp3) is 0.368. The summed E-state index contributed by atoms with van der Waals surface area (Å²) in [6, 6.07) is 8.47. The van der Waals surface area contributed by atoms with E-state index in [0.29, 0.717) is 10.4 Å². The van der Waals surface area contributed by atoms with Crippen LogP contribution >= 0.6 is 11.3 Å². The first-order chi connectivity index (χ1) is 12.0. The van der Waals surface area contributed by atoms with Gasteiger partial charge in [0.2, 0.25) is 0 Å². The number of rotatable bonds is 5. The first-order valence-corrected chi connectivity index (χ1v) is 9.26. The predicted octanol–water partition coefficient (Wildman–Crippen LogP) is 3.48. The fourth-order valence-electron chi connectivity index (χ4n) is 3.04. The van der Waals surface area contributed by atoms with Gasteiger partial charge in [-0.15, -0.1) is 11.3 Å². The smallest absolute Gasteiger partial charge is 0.252 e. The number of ketones is 1. The lowest BCUT2D eigenvalue weighted by Crippen LogP contribution is -2.44. The third kappa shape index (κ3) is 4.74. The minimum absolute atomic E-state index is 0.0188. The zero-order chi connectivity index (χ0) is 17.8. The van der Waals surface area contributed by atoms with Crippen molar-refractivity contribution in [1.82, 2.24) is 10.2 Å². The lowest BCUT2D eigenvalue weighted by atomic mass is 10.0. The van der Waals surface area contributed by atoms with Crippen LogP contribution in [-0.2, 0) is 6.54 Å². The highest BCUT2D eigenvalue weighted by Gasteiger charge is 2.22. The highest BCUT2D eigenvalue weighted by molar-refractivity contribution is 7.12. The van der Waals surface area contributed by atoms with Gasteiger partial charge in [0.1, 0.15) is 5.82 Å². The molecule has 0 bridgehead atoms. The van der Waals surface area contributed by atoms with E-state index < -0.39 is 0 Å². The second-order valence-electron chi connectivity index (χ2n) is 6.41. The van der Waals surface area contributed by atoms with Crippen LogP contribution in [0.25, 0.3) is 0 Å². The Kier molecular flexibility index (Phi) is 5.60. The van der Waals surface area contributed by atoms with E-state index in [4.69, 9.17) is 0 Å². The summed E-state index contributed by atoms with van der Waals surface area (Å²) in [6.07, 6.45) is 1.73. The lowest BCUT2D eigenvalue weighted by Gasteiger charge is -2.32. The molecular formula is C19H21FN2O2S. The number of nitrogens with zero attached hydrogens (tertiary/aromatic N) is 1. The van der Waals surface area contributed by atoms with E-state index in [2.05, 4.69) is 10.2 Å². The number of hydrogen-bond acceptors (Lipinski definition) is 4. The average molecular weight is 360 g/mol. The molecule has 0 atom stereocenters. The number of halogens is 1. The van der Waals surface area contributed by atoms with Crippen molar-refractivity contribution in [3.05, 3.63) is 57.5 Å². The number of likely N-dealkylation sites (tertiary alicyclic amines) is 1. The maximum atomic E-state index is 13.3. The van der Waals surface area contributed by atoms with Gasteiger partial charge in [-0.05, 0) is 43.5 Å². The van der Waals surface area contributed by atoms with E-state index in [1.54, 1.807) is 23.6 Å². The standard InChI is InChI=1S/C19H21FN2O2S/c1-13(23)18-10-15(12-25-18)19(24)21-17-5-7-22(8-6-17)11-14-3-2-4-16(20)9-14/h2-4,9-10,12,17H,5-8,11H2,1H3,(H,21,24). The molecule has 1 amide bonds. The number of thiophene rings is 1. The molecule has 1 aliphatic heterocycles. The first kappa shape index (κ1) is 17.8. The van der Waals surface area contributed by atoms with Gasteiger partial charge in [0, 0.05) is 31.1 Å². The number of piperidine rings is 1. The molecule has 132 valence electrons. The Morgan fingerprint density at radius 3 is 2.68 bits per heavy atom. The summed E-state index contributed by atoms with van der Waals surface area (Å²) in [4.78, 5) is 26.5. The quantitative estimate of drug-likeness (QED) is 0.831. The molecule has 6 heteroatoms. The van der Waals surface area contributed by atoms with E-state index in [1.165, 1.54) is 24.3 Å². The maximum Gasteiger partial charge on any atom is 0.252 e. The first-order valence-electron chi connectivity index (χ1n) is 8.38. The van der Waals surface area contributed by atoms with Crippen LogP contribution in [0.4, 0.5) is 4.39 Å². The van der Waals surface area contributed by atoms with Gasteiger partial charge in [-0.25, -0.2) is 4.39 Å². The average Bonchev–Trinajstić information content (AvgIpc) is 3.07. The van der Waals surface area contributed by atoms with Gasteiger partial charge < -0.3 is 5.32 Å². The van der Waals surface area contributed by atoms with Gasteiger partial charge in [0.05, 0.1) is 10.4 Å². The van der Waals surface area contributed by atoms with Crippen molar-refractivity contribution in [2.45, 2.75) is 32.4 Å². The molecule has 2 heterocycles. The van der Waals surface area contributed by atoms with Crippen molar-refractivity contribution >= 4 is 23.0 Å². The lowest BCUT2D eigenvalue weighted by molar-refractivity contribution is 0.0909. The SMILES string of the molecule is CC(=O)c1cc(C(=O)NC2CCN(Cc3cccc(F)c3)CC2)cs1. The molecule has 2 aromatic rings. The minimum atomic E-state index is -0.208. The molecule has 1 aromatic carbocycles. The van der Waals surface area contributed by atoms with E-state index in [-0.39, 0.29) is 23.5 Å².